The van der Waals surface area contributed by atoms with E-state index in [1.807, 2.05) is 12.3 Å². The molecular weight excluding hydrogens is 390 g/mol. The number of ether oxygens (including phenoxy) is 1. The predicted octanol–water partition coefficient (Wildman–Crippen LogP) is 3.06. The molecular formula is C21H27N3O2S2. The second-order valence-corrected chi connectivity index (χ2v) is 8.49. The highest BCUT2D eigenvalue weighted by molar-refractivity contribution is 8.26. The Labute approximate surface area is 177 Å². The predicted molar refractivity (Wildman–Crippen MR) is 120 cm³/mol. The molecule has 0 atom stereocenters. The van der Waals surface area contributed by atoms with Crippen LogP contribution >= 0.6 is 24.0 Å². The first-order chi connectivity index (χ1) is 13.7. The number of piperazine rings is 1. The summed E-state index contributed by atoms with van der Waals surface area (Å²) < 4.78 is 5.71. The lowest BCUT2D eigenvalue weighted by Gasteiger charge is -2.33. The summed E-state index contributed by atoms with van der Waals surface area (Å²) in [5.41, 5.74) is 1.23. The molecule has 1 aromatic carbocycles. The van der Waals surface area contributed by atoms with Gasteiger partial charge >= 0.3 is 0 Å². The average molecular weight is 418 g/mol. The van der Waals surface area contributed by atoms with Crippen LogP contribution in [0.1, 0.15) is 12.0 Å². The summed E-state index contributed by atoms with van der Waals surface area (Å²) in [4.78, 5) is 19.7. The number of methoxy groups -OCH3 is 1. The van der Waals surface area contributed by atoms with Crippen molar-refractivity contribution in [1.29, 1.82) is 0 Å². The molecule has 0 aromatic heterocycles. The Morgan fingerprint density at radius 2 is 1.93 bits per heavy atom. The molecule has 0 spiro atoms. The fourth-order valence-electron chi connectivity index (χ4n) is 3.19. The molecule has 28 heavy (non-hydrogen) atoms. The standard InChI is InChI=1S/C21H27N3O2S2/c1-26-16-6-11-24-20(25)19(28-21(24)27)17-23-14-12-22(13-15-23)10-5-9-18-7-3-2-4-8-18/h2-5,7-9,17H,6,10-16H2,1H3/b9-5+,19-17-. The van der Waals surface area contributed by atoms with E-state index in [0.29, 0.717) is 17.5 Å². The van der Waals surface area contributed by atoms with Gasteiger partial charge in [-0.2, -0.15) is 0 Å². The van der Waals surface area contributed by atoms with Gasteiger partial charge in [0.05, 0.1) is 4.91 Å². The first kappa shape index (κ1) is 21.0. The number of rotatable bonds is 8. The maximum Gasteiger partial charge on any atom is 0.267 e. The summed E-state index contributed by atoms with van der Waals surface area (Å²) in [7, 11) is 1.67. The highest BCUT2D eigenvalue weighted by Gasteiger charge is 2.32. The fourth-order valence-corrected chi connectivity index (χ4v) is 4.51. The number of amides is 1. The average Bonchev–Trinajstić information content (AvgIpc) is 2.97. The van der Waals surface area contributed by atoms with Crippen LogP contribution in [0.25, 0.3) is 6.08 Å². The van der Waals surface area contributed by atoms with E-state index in [1.165, 1.54) is 17.3 Å². The highest BCUT2D eigenvalue weighted by Crippen LogP contribution is 2.31. The van der Waals surface area contributed by atoms with E-state index in [-0.39, 0.29) is 5.91 Å². The Balaban J connectivity index is 1.45. The van der Waals surface area contributed by atoms with Crippen molar-refractivity contribution in [2.24, 2.45) is 0 Å². The lowest BCUT2D eigenvalue weighted by atomic mass is 10.2. The van der Waals surface area contributed by atoms with Crippen molar-refractivity contribution in [3.8, 4) is 0 Å². The molecule has 0 bridgehead atoms. The minimum Gasteiger partial charge on any atom is -0.385 e. The summed E-state index contributed by atoms with van der Waals surface area (Å²) in [6, 6.07) is 10.4. The summed E-state index contributed by atoms with van der Waals surface area (Å²) >= 11 is 6.78. The van der Waals surface area contributed by atoms with Gasteiger partial charge in [-0.3, -0.25) is 14.6 Å². The largest absolute Gasteiger partial charge is 0.385 e. The molecule has 7 heteroatoms. The van der Waals surface area contributed by atoms with Crippen molar-refractivity contribution in [1.82, 2.24) is 14.7 Å². The molecule has 1 aromatic rings. The van der Waals surface area contributed by atoms with Gasteiger partial charge in [0, 0.05) is 59.2 Å². The summed E-state index contributed by atoms with van der Waals surface area (Å²) in [6.45, 7) is 6.03. The zero-order valence-electron chi connectivity index (χ0n) is 16.3. The van der Waals surface area contributed by atoms with Crippen molar-refractivity contribution in [2.45, 2.75) is 6.42 Å². The zero-order chi connectivity index (χ0) is 19.8. The molecule has 0 N–H and O–H groups in total. The highest BCUT2D eigenvalue weighted by atomic mass is 32.2. The molecule has 5 nitrogen and oxygen atoms in total. The normalized spacial score (nSPS) is 20.1. The Hall–Kier alpha value is -1.67. The number of benzene rings is 1. The third-order valence-electron chi connectivity index (χ3n) is 4.78. The van der Waals surface area contributed by atoms with Crippen molar-refractivity contribution in [3.05, 3.63) is 53.1 Å². The molecule has 2 fully saturated rings. The molecule has 0 unspecified atom stereocenters. The molecule has 0 saturated carbocycles. The third kappa shape index (κ3) is 5.91. The van der Waals surface area contributed by atoms with Crippen LogP contribution in [0.5, 0.6) is 0 Å². The molecule has 150 valence electrons. The molecule has 0 aliphatic carbocycles. The van der Waals surface area contributed by atoms with Crippen LogP contribution in [0.3, 0.4) is 0 Å². The molecule has 2 aliphatic heterocycles. The van der Waals surface area contributed by atoms with Crippen LogP contribution < -0.4 is 0 Å². The van der Waals surface area contributed by atoms with E-state index in [1.54, 1.807) is 12.0 Å². The van der Waals surface area contributed by atoms with E-state index in [4.69, 9.17) is 17.0 Å². The van der Waals surface area contributed by atoms with Crippen LogP contribution in [0, 0.1) is 0 Å². The Bertz CT molecular complexity index is 728. The number of hydrogen-bond donors (Lipinski definition) is 0. The lowest BCUT2D eigenvalue weighted by Crippen LogP contribution is -2.44. The second-order valence-electron chi connectivity index (χ2n) is 6.81. The van der Waals surface area contributed by atoms with Crippen molar-refractivity contribution < 1.29 is 9.53 Å². The monoisotopic (exact) mass is 417 g/mol. The number of thioether (sulfide) groups is 1. The van der Waals surface area contributed by atoms with Crippen molar-refractivity contribution in [3.63, 3.8) is 0 Å². The first-order valence-electron chi connectivity index (χ1n) is 9.60. The van der Waals surface area contributed by atoms with Gasteiger partial charge in [0.2, 0.25) is 0 Å². The van der Waals surface area contributed by atoms with E-state index < -0.39 is 0 Å². The van der Waals surface area contributed by atoms with Gasteiger partial charge in [0.1, 0.15) is 4.32 Å². The van der Waals surface area contributed by atoms with Crippen LogP contribution in [0.2, 0.25) is 0 Å². The van der Waals surface area contributed by atoms with Crippen LogP contribution in [0.15, 0.2) is 47.5 Å². The van der Waals surface area contributed by atoms with Crippen LogP contribution in [-0.2, 0) is 9.53 Å². The van der Waals surface area contributed by atoms with Gasteiger partial charge in [-0.15, -0.1) is 0 Å². The number of hydrogen-bond acceptors (Lipinski definition) is 6. The van der Waals surface area contributed by atoms with Gasteiger partial charge in [-0.1, -0.05) is 66.5 Å². The van der Waals surface area contributed by atoms with Gasteiger partial charge in [-0.25, -0.2) is 0 Å². The molecule has 2 saturated heterocycles. The zero-order valence-corrected chi connectivity index (χ0v) is 17.9. The molecule has 1 amide bonds. The maximum atomic E-state index is 12.6. The molecule has 3 rings (SSSR count). The van der Waals surface area contributed by atoms with E-state index in [2.05, 4.69) is 46.2 Å². The van der Waals surface area contributed by atoms with Crippen LogP contribution in [0.4, 0.5) is 0 Å². The summed E-state index contributed by atoms with van der Waals surface area (Å²) in [6.07, 6.45) is 7.18. The van der Waals surface area contributed by atoms with Gasteiger partial charge < -0.3 is 9.64 Å². The van der Waals surface area contributed by atoms with E-state index >= 15 is 0 Å². The van der Waals surface area contributed by atoms with Gasteiger partial charge in [0.15, 0.2) is 0 Å². The molecule has 2 heterocycles. The molecule has 0 radical (unpaired) electrons. The van der Waals surface area contributed by atoms with Gasteiger partial charge in [0.25, 0.3) is 5.91 Å². The van der Waals surface area contributed by atoms with Crippen molar-refractivity contribution >= 4 is 40.3 Å². The number of nitrogens with zero attached hydrogens (tertiary/aromatic N) is 3. The topological polar surface area (TPSA) is 36.0 Å². The minimum atomic E-state index is 0.0272. The first-order valence-corrected chi connectivity index (χ1v) is 10.8. The van der Waals surface area contributed by atoms with Crippen LogP contribution in [-0.4, -0.2) is 77.9 Å². The number of carbonyl (C=O) groups excluding carboxylic acids is 1. The fraction of sp³-hybridized carbons (Fsp3) is 0.429. The third-order valence-corrected chi connectivity index (χ3v) is 6.15. The Kier molecular flexibility index (Phi) is 8.09. The minimum absolute atomic E-state index is 0.0272. The van der Waals surface area contributed by atoms with Crippen molar-refractivity contribution in [2.75, 3.05) is 53.0 Å². The van der Waals surface area contributed by atoms with Gasteiger partial charge in [-0.05, 0) is 12.0 Å². The molecule has 2 aliphatic rings. The summed E-state index contributed by atoms with van der Waals surface area (Å²) in [5, 5.41) is 0. The Morgan fingerprint density at radius 3 is 2.64 bits per heavy atom. The second kappa shape index (κ2) is 10.8. The maximum absolute atomic E-state index is 12.6. The number of thiocarbonyl (C=S) groups is 1. The van der Waals surface area contributed by atoms with E-state index in [0.717, 1.165) is 44.0 Å². The lowest BCUT2D eigenvalue weighted by molar-refractivity contribution is -0.122. The number of carbonyl (C=O) groups is 1. The quantitative estimate of drug-likeness (QED) is 0.368. The van der Waals surface area contributed by atoms with E-state index in [9.17, 15) is 4.79 Å². The SMILES string of the molecule is COCCCN1C(=O)/C(=C/N2CCN(C/C=C/c3ccccc3)CC2)SC1=S. The summed E-state index contributed by atoms with van der Waals surface area (Å²) in [5.74, 6) is 0.0272. The Morgan fingerprint density at radius 1 is 1.18 bits per heavy atom. The smallest absolute Gasteiger partial charge is 0.267 e.